The van der Waals surface area contributed by atoms with E-state index in [9.17, 15) is 9.59 Å². The van der Waals surface area contributed by atoms with Crippen molar-refractivity contribution in [3.63, 3.8) is 0 Å². The van der Waals surface area contributed by atoms with Crippen molar-refractivity contribution in [2.75, 3.05) is 33.1 Å². The first kappa shape index (κ1) is 18.6. The average Bonchev–Trinajstić information content (AvgIpc) is 2.63. The fraction of sp³-hybridized carbons (Fsp3) is 0.263. The van der Waals surface area contributed by atoms with Gasteiger partial charge in [-0.1, -0.05) is 30.3 Å². The van der Waals surface area contributed by atoms with Crippen LogP contribution in [0.15, 0.2) is 54.6 Å². The first-order valence-corrected chi connectivity index (χ1v) is 7.85. The van der Waals surface area contributed by atoms with Gasteiger partial charge in [0.2, 0.25) is 5.91 Å². The molecule has 2 aromatic rings. The van der Waals surface area contributed by atoms with Crippen LogP contribution in [0.25, 0.3) is 0 Å². The lowest BCUT2D eigenvalue weighted by molar-refractivity contribution is -0.140. The topological polar surface area (TPSA) is 67.9 Å². The number of benzene rings is 2. The van der Waals surface area contributed by atoms with Gasteiger partial charge in [-0.25, -0.2) is 0 Å². The van der Waals surface area contributed by atoms with E-state index in [1.807, 2.05) is 6.07 Å². The zero-order valence-electron chi connectivity index (χ0n) is 14.6. The van der Waals surface area contributed by atoms with Gasteiger partial charge < -0.3 is 10.1 Å². The Morgan fingerprint density at radius 2 is 1.68 bits per heavy atom. The third kappa shape index (κ3) is 5.41. The van der Waals surface area contributed by atoms with Crippen LogP contribution in [0, 0.1) is 5.92 Å². The number of hydrogen-bond donors (Lipinski definition) is 1. The van der Waals surface area contributed by atoms with E-state index in [2.05, 4.69) is 5.32 Å². The molecule has 0 spiro atoms. The molecule has 0 aliphatic heterocycles. The second-order valence-electron chi connectivity index (χ2n) is 5.61. The predicted molar refractivity (Wildman–Crippen MR) is 95.5 cm³/mol. The Hall–Kier alpha value is -2.70. The molecule has 2 rings (SSSR count). The summed E-state index contributed by atoms with van der Waals surface area (Å²) < 4.78 is 5.09. The lowest BCUT2D eigenvalue weighted by Gasteiger charge is -2.18. The van der Waals surface area contributed by atoms with Crippen LogP contribution in [0.3, 0.4) is 0 Å². The van der Waals surface area contributed by atoms with Crippen molar-refractivity contribution in [1.29, 1.82) is 0 Å². The Balaban J connectivity index is 2.15. The van der Waals surface area contributed by atoms with Gasteiger partial charge in [0.1, 0.15) is 11.7 Å². The highest BCUT2D eigenvalue weighted by Gasteiger charge is 2.28. The molecule has 0 aliphatic carbocycles. The van der Waals surface area contributed by atoms with E-state index in [-0.39, 0.29) is 12.4 Å². The van der Waals surface area contributed by atoms with Crippen molar-refractivity contribution >= 4 is 17.4 Å². The number of methoxy groups -OCH3 is 1. The molecular weight excluding hydrogens is 320 g/mol. The van der Waals surface area contributed by atoms with E-state index in [4.69, 9.17) is 9.57 Å². The summed E-state index contributed by atoms with van der Waals surface area (Å²) in [6.45, 7) is -0.0390. The van der Waals surface area contributed by atoms with E-state index < -0.39 is 11.8 Å². The molecule has 6 nitrogen and oxygen atoms in total. The zero-order chi connectivity index (χ0) is 18.2. The van der Waals surface area contributed by atoms with E-state index >= 15 is 0 Å². The molecule has 0 aliphatic rings. The Morgan fingerprint density at radius 3 is 2.24 bits per heavy atom. The molecule has 6 heteroatoms. The zero-order valence-corrected chi connectivity index (χ0v) is 14.6. The molecule has 0 aromatic heterocycles. The van der Waals surface area contributed by atoms with Crippen LogP contribution in [0.1, 0.15) is 10.4 Å². The number of carbonyl (C=O) groups is 2. The molecular formula is C19H22N2O4. The molecule has 1 N–H and O–H groups in total. The minimum absolute atomic E-state index is 0.0390. The fourth-order valence-corrected chi connectivity index (χ4v) is 2.20. The quantitative estimate of drug-likeness (QED) is 0.454. The molecule has 0 fully saturated rings. The molecule has 0 radical (unpaired) electrons. The van der Waals surface area contributed by atoms with Crippen LogP contribution in [-0.2, 0) is 9.63 Å². The molecule has 0 saturated carbocycles. The summed E-state index contributed by atoms with van der Waals surface area (Å²) in [5.41, 5.74) is 1.06. The van der Waals surface area contributed by atoms with Crippen LogP contribution in [0.5, 0.6) is 5.75 Å². The molecule has 1 atom stereocenters. The standard InChI is InChI=1S/C19H22N2O4/c1-21(2)25-13-17(18(22)14-7-5-4-6-8-14)19(23)20-15-9-11-16(24-3)12-10-15/h4-12,17H,13H2,1-3H3,(H,20,23). The van der Waals surface area contributed by atoms with Gasteiger partial charge >= 0.3 is 0 Å². The highest BCUT2D eigenvalue weighted by Crippen LogP contribution is 2.17. The minimum atomic E-state index is -0.952. The maximum atomic E-state index is 12.7. The van der Waals surface area contributed by atoms with Crippen molar-refractivity contribution in [3.05, 3.63) is 60.2 Å². The van der Waals surface area contributed by atoms with E-state index in [1.54, 1.807) is 69.7 Å². The monoisotopic (exact) mass is 342 g/mol. The average molecular weight is 342 g/mol. The Labute approximate surface area is 147 Å². The normalized spacial score (nSPS) is 11.8. The fourth-order valence-electron chi connectivity index (χ4n) is 2.20. The lowest BCUT2D eigenvalue weighted by Crippen LogP contribution is -2.35. The Bertz CT molecular complexity index is 699. The highest BCUT2D eigenvalue weighted by molar-refractivity contribution is 6.13. The smallest absolute Gasteiger partial charge is 0.237 e. The number of nitrogens with zero attached hydrogens (tertiary/aromatic N) is 1. The third-order valence-electron chi connectivity index (χ3n) is 3.55. The number of rotatable bonds is 8. The molecule has 2 aromatic carbocycles. The number of hydrogen-bond acceptors (Lipinski definition) is 5. The number of amides is 1. The number of Topliss-reactive ketones (excluding diaryl/α,β-unsaturated/α-hetero) is 1. The molecule has 0 heterocycles. The summed E-state index contributed by atoms with van der Waals surface area (Å²) in [6, 6.07) is 15.6. The van der Waals surface area contributed by atoms with Crippen LogP contribution >= 0.6 is 0 Å². The number of ketones is 1. The van der Waals surface area contributed by atoms with Gasteiger partial charge in [0.15, 0.2) is 5.78 Å². The summed E-state index contributed by atoms with van der Waals surface area (Å²) >= 11 is 0. The molecule has 1 amide bonds. The largest absolute Gasteiger partial charge is 0.497 e. The molecule has 0 bridgehead atoms. The highest BCUT2D eigenvalue weighted by atomic mass is 16.7. The maximum absolute atomic E-state index is 12.7. The predicted octanol–water partition coefficient (Wildman–Crippen LogP) is 2.63. The van der Waals surface area contributed by atoms with Gasteiger partial charge in [0.25, 0.3) is 0 Å². The van der Waals surface area contributed by atoms with Crippen LogP contribution in [0.2, 0.25) is 0 Å². The molecule has 0 saturated heterocycles. The van der Waals surface area contributed by atoms with Crippen LogP contribution in [-0.4, -0.2) is 44.6 Å². The number of hydroxylamine groups is 2. The first-order chi connectivity index (χ1) is 12.0. The Kier molecular flexibility index (Phi) is 6.68. The van der Waals surface area contributed by atoms with Gasteiger partial charge in [-0.3, -0.25) is 14.4 Å². The number of carbonyl (C=O) groups excluding carboxylic acids is 2. The number of ether oxygens (including phenoxy) is 1. The number of nitrogens with one attached hydrogen (secondary N) is 1. The van der Waals surface area contributed by atoms with Crippen molar-refractivity contribution in [2.24, 2.45) is 5.92 Å². The van der Waals surface area contributed by atoms with Gasteiger partial charge in [-0.15, -0.1) is 0 Å². The molecule has 1 unspecified atom stereocenters. The third-order valence-corrected chi connectivity index (χ3v) is 3.55. The van der Waals surface area contributed by atoms with Crippen molar-refractivity contribution in [3.8, 4) is 5.75 Å². The van der Waals surface area contributed by atoms with Crippen LogP contribution < -0.4 is 10.1 Å². The first-order valence-electron chi connectivity index (χ1n) is 7.85. The Morgan fingerprint density at radius 1 is 1.04 bits per heavy atom. The van der Waals surface area contributed by atoms with Crippen LogP contribution in [0.4, 0.5) is 5.69 Å². The minimum Gasteiger partial charge on any atom is -0.497 e. The van der Waals surface area contributed by atoms with E-state index in [0.717, 1.165) is 0 Å². The lowest BCUT2D eigenvalue weighted by atomic mass is 9.97. The van der Waals surface area contributed by atoms with Crippen molar-refractivity contribution in [1.82, 2.24) is 5.06 Å². The SMILES string of the molecule is COc1ccc(NC(=O)C(CON(C)C)C(=O)c2ccccc2)cc1. The summed E-state index contributed by atoms with van der Waals surface area (Å²) in [5, 5.41) is 4.22. The van der Waals surface area contributed by atoms with Crippen molar-refractivity contribution in [2.45, 2.75) is 0 Å². The molecule has 132 valence electrons. The number of anilines is 1. The maximum Gasteiger partial charge on any atom is 0.237 e. The van der Waals surface area contributed by atoms with Gasteiger partial charge in [0.05, 0.1) is 13.7 Å². The van der Waals surface area contributed by atoms with Crippen molar-refractivity contribution < 1.29 is 19.2 Å². The van der Waals surface area contributed by atoms with Gasteiger partial charge in [0, 0.05) is 25.3 Å². The summed E-state index contributed by atoms with van der Waals surface area (Å²) in [7, 11) is 4.97. The van der Waals surface area contributed by atoms with Gasteiger partial charge in [-0.2, -0.15) is 5.06 Å². The summed E-state index contributed by atoms with van der Waals surface area (Å²) in [5.74, 6) is -0.966. The summed E-state index contributed by atoms with van der Waals surface area (Å²) in [6.07, 6.45) is 0. The second-order valence-corrected chi connectivity index (χ2v) is 5.61. The van der Waals surface area contributed by atoms with E-state index in [0.29, 0.717) is 17.0 Å². The second kappa shape index (κ2) is 8.96. The van der Waals surface area contributed by atoms with E-state index in [1.165, 1.54) is 5.06 Å². The molecule has 25 heavy (non-hydrogen) atoms. The summed E-state index contributed by atoms with van der Waals surface area (Å²) in [4.78, 5) is 30.7. The van der Waals surface area contributed by atoms with Gasteiger partial charge in [-0.05, 0) is 24.3 Å².